The van der Waals surface area contributed by atoms with Gasteiger partial charge in [-0.25, -0.2) is 22.2 Å². The largest absolute Gasteiger partial charge is 0.481 e. The number of pyridine rings is 1. The number of rotatable bonds is 11. The number of hydrogen-bond donors (Lipinski definition) is 2. The monoisotopic (exact) mass is 673 g/mol. The van der Waals surface area contributed by atoms with E-state index in [2.05, 4.69) is 10.4 Å². The van der Waals surface area contributed by atoms with E-state index in [1.807, 2.05) is 25.4 Å². The molecule has 4 aromatic heterocycles. The summed E-state index contributed by atoms with van der Waals surface area (Å²) in [4.78, 5) is 28.4. The first-order chi connectivity index (χ1) is 22.7. The van der Waals surface area contributed by atoms with E-state index >= 15 is 0 Å². The molecule has 0 bridgehead atoms. The molecule has 6 rings (SSSR count). The summed E-state index contributed by atoms with van der Waals surface area (Å²) in [5.74, 6) is -0.642. The summed E-state index contributed by atoms with van der Waals surface area (Å²) in [6.45, 7) is 7.78. The van der Waals surface area contributed by atoms with Crippen LogP contribution in [-0.2, 0) is 39.7 Å². The van der Waals surface area contributed by atoms with E-state index in [0.29, 0.717) is 35.2 Å². The second-order valence-corrected chi connectivity index (χ2v) is 15.0. The average Bonchev–Trinajstić information content (AvgIpc) is 3.48. The Bertz CT molecular complexity index is 2120. The lowest BCUT2D eigenvalue weighted by atomic mass is 10.0. The summed E-state index contributed by atoms with van der Waals surface area (Å²) < 4.78 is 38.2. The van der Waals surface area contributed by atoms with Gasteiger partial charge < -0.3 is 15.2 Å². The minimum Gasteiger partial charge on any atom is -0.481 e. The Labute approximate surface area is 278 Å². The van der Waals surface area contributed by atoms with Gasteiger partial charge >= 0.3 is 12.1 Å². The highest BCUT2D eigenvalue weighted by molar-refractivity contribution is 7.90. The Morgan fingerprint density at radius 3 is 2.44 bits per heavy atom. The van der Waals surface area contributed by atoms with Gasteiger partial charge in [0, 0.05) is 78.4 Å². The van der Waals surface area contributed by atoms with Crippen LogP contribution in [0.1, 0.15) is 69.3 Å². The van der Waals surface area contributed by atoms with Crippen LogP contribution in [0.4, 0.5) is 4.79 Å². The number of aromatic nitrogens is 6. The predicted molar refractivity (Wildman–Crippen MR) is 179 cm³/mol. The quantitative estimate of drug-likeness (QED) is 0.181. The summed E-state index contributed by atoms with van der Waals surface area (Å²) in [6.07, 6.45) is 8.71. The van der Waals surface area contributed by atoms with Crippen molar-refractivity contribution in [2.75, 3.05) is 0 Å². The number of benzene rings is 1. The van der Waals surface area contributed by atoms with Gasteiger partial charge in [0.2, 0.25) is 0 Å². The second-order valence-electron chi connectivity index (χ2n) is 13.2. The molecule has 1 aromatic carbocycles. The molecule has 4 heterocycles. The number of carboxylic acids is 1. The first-order valence-electron chi connectivity index (χ1n) is 15.8. The summed E-state index contributed by atoms with van der Waals surface area (Å²) in [7, 11) is -2.25. The Hall–Kier alpha value is -4.98. The molecule has 1 fully saturated rings. The highest BCUT2D eigenvalue weighted by Gasteiger charge is 2.32. The molecule has 5 aromatic rings. The maximum Gasteiger partial charge on any atom is 0.407 e. The maximum atomic E-state index is 14.1. The number of amides is 1. The van der Waals surface area contributed by atoms with Gasteiger partial charge in [-0.15, -0.1) is 0 Å². The normalized spacial score (nSPS) is 13.6. The number of nitrogens with one attached hydrogen (secondary N) is 1. The maximum absolute atomic E-state index is 14.1. The molecule has 0 radical (unpaired) electrons. The summed E-state index contributed by atoms with van der Waals surface area (Å²) in [5.41, 5.74) is 4.82. The zero-order chi connectivity index (χ0) is 34.4. The van der Waals surface area contributed by atoms with Crippen molar-refractivity contribution in [2.45, 2.75) is 82.9 Å². The number of alkyl carbamates (subject to hydrolysis) is 1. The van der Waals surface area contributed by atoms with Crippen LogP contribution in [0.5, 0.6) is 0 Å². The van der Waals surface area contributed by atoms with Gasteiger partial charge in [0.25, 0.3) is 10.0 Å². The number of carbonyl (C=O) groups is 2. The van der Waals surface area contributed by atoms with Gasteiger partial charge in [0.1, 0.15) is 5.60 Å². The molecule has 1 aliphatic carbocycles. The number of aliphatic carboxylic acids is 1. The van der Waals surface area contributed by atoms with E-state index in [1.54, 1.807) is 73.8 Å². The molecule has 252 valence electrons. The molecule has 0 saturated heterocycles. The number of aryl methyl sites for hydroxylation is 3. The lowest BCUT2D eigenvalue weighted by Crippen LogP contribution is -2.32. The van der Waals surface area contributed by atoms with Crippen LogP contribution in [0, 0.1) is 6.92 Å². The smallest absolute Gasteiger partial charge is 0.407 e. The molecule has 1 aliphatic rings. The lowest BCUT2D eigenvalue weighted by Gasteiger charge is -2.19. The molecular weight excluding hydrogens is 634 g/mol. The average molecular weight is 674 g/mol. The molecule has 14 heteroatoms. The Morgan fingerprint density at radius 2 is 1.77 bits per heavy atom. The van der Waals surface area contributed by atoms with Crippen molar-refractivity contribution < 1.29 is 27.9 Å². The number of nitrogens with zero attached hydrogens (tertiary/aromatic N) is 6. The number of ether oxygens (including phenoxy) is 1. The molecule has 0 aliphatic heterocycles. The van der Waals surface area contributed by atoms with Crippen LogP contribution in [-0.4, -0.2) is 59.7 Å². The molecule has 0 atom stereocenters. The van der Waals surface area contributed by atoms with Gasteiger partial charge in [-0.1, -0.05) is 17.7 Å². The van der Waals surface area contributed by atoms with Gasteiger partial charge in [0.05, 0.1) is 22.8 Å². The molecule has 2 N–H and O–H groups in total. The van der Waals surface area contributed by atoms with Crippen LogP contribution in [0.15, 0.2) is 60.0 Å². The van der Waals surface area contributed by atoms with E-state index in [-0.39, 0.29) is 29.4 Å². The van der Waals surface area contributed by atoms with Crippen molar-refractivity contribution in [3.05, 3.63) is 72.1 Å². The van der Waals surface area contributed by atoms with Crippen molar-refractivity contribution >= 4 is 33.1 Å². The molecule has 1 amide bonds. The molecule has 0 spiro atoms. The Morgan fingerprint density at radius 1 is 1.04 bits per heavy atom. The minimum absolute atomic E-state index is 0.0194. The van der Waals surface area contributed by atoms with Crippen molar-refractivity contribution in [3.8, 4) is 22.3 Å². The second kappa shape index (κ2) is 12.6. The number of carbonyl (C=O) groups excluding carboxylic acids is 1. The van der Waals surface area contributed by atoms with Crippen LogP contribution in [0.3, 0.4) is 0 Å². The fourth-order valence-corrected chi connectivity index (χ4v) is 6.96. The zero-order valence-corrected chi connectivity index (χ0v) is 28.4. The first-order valence-corrected chi connectivity index (χ1v) is 17.3. The SMILES string of the molecule is Cc1ccc(S(=O)(=O)n2cc(-c3cn(CCCC(=O)O)nc3C3CC3)c3cc(-c4cn(C)nc4CNC(=O)OC(C)(C)C)cnc32)cc1. The molecule has 13 nitrogen and oxygen atoms in total. The van der Waals surface area contributed by atoms with Crippen molar-refractivity contribution in [1.82, 2.24) is 33.8 Å². The number of carboxylic acid groups (broad SMARTS) is 1. The summed E-state index contributed by atoms with van der Waals surface area (Å²) in [5, 5.41) is 21.9. The Kier molecular flexibility index (Phi) is 8.62. The topological polar surface area (TPSA) is 163 Å². The molecule has 1 saturated carbocycles. The molecule has 0 unspecified atom stereocenters. The summed E-state index contributed by atoms with van der Waals surface area (Å²) >= 11 is 0. The van der Waals surface area contributed by atoms with Crippen molar-refractivity contribution in [2.24, 2.45) is 7.05 Å². The van der Waals surface area contributed by atoms with Crippen LogP contribution < -0.4 is 5.32 Å². The van der Waals surface area contributed by atoms with Gasteiger partial charge in [-0.05, 0) is 65.2 Å². The zero-order valence-electron chi connectivity index (χ0n) is 27.6. The fraction of sp³-hybridized carbons (Fsp3) is 0.382. The van der Waals surface area contributed by atoms with E-state index < -0.39 is 27.7 Å². The third kappa shape index (κ3) is 6.98. The van der Waals surface area contributed by atoms with E-state index in [0.717, 1.165) is 35.2 Å². The standard InChI is InChI=1S/C34H39N7O6S/c1-21-8-12-24(13-9-21)48(45,46)41-20-27(28-19-40(14-6-7-30(42)43)38-31(28)22-10-11-22)25-15-23(16-35-32(25)41)26-18-39(5)37-29(26)17-36-33(44)47-34(2,3)4/h8-9,12-13,15-16,18-20,22H,6-7,10-11,14,17H2,1-5H3,(H,36,44)(H,42,43). The van der Waals surface area contributed by atoms with Crippen molar-refractivity contribution in [3.63, 3.8) is 0 Å². The highest BCUT2D eigenvalue weighted by atomic mass is 32.2. The Balaban J connectivity index is 1.47. The van der Waals surface area contributed by atoms with E-state index in [4.69, 9.17) is 19.9 Å². The predicted octanol–water partition coefficient (Wildman–Crippen LogP) is 5.61. The minimum atomic E-state index is -4.03. The van der Waals surface area contributed by atoms with Crippen LogP contribution in [0.2, 0.25) is 0 Å². The highest BCUT2D eigenvalue weighted by Crippen LogP contribution is 2.46. The fourth-order valence-electron chi connectivity index (χ4n) is 5.63. The number of fused-ring (bicyclic) bond motifs is 1. The van der Waals surface area contributed by atoms with Gasteiger partial charge in [-0.2, -0.15) is 10.2 Å². The molecule has 48 heavy (non-hydrogen) atoms. The van der Waals surface area contributed by atoms with E-state index in [9.17, 15) is 18.0 Å². The summed E-state index contributed by atoms with van der Waals surface area (Å²) in [6, 6.07) is 8.57. The number of hydrogen-bond acceptors (Lipinski definition) is 8. The molecular formula is C34H39N7O6S. The van der Waals surface area contributed by atoms with Crippen LogP contribution in [0.25, 0.3) is 33.3 Å². The van der Waals surface area contributed by atoms with Crippen molar-refractivity contribution in [1.29, 1.82) is 0 Å². The third-order valence-corrected chi connectivity index (χ3v) is 9.69. The third-order valence-electron chi connectivity index (χ3n) is 8.03. The lowest BCUT2D eigenvalue weighted by molar-refractivity contribution is -0.137. The van der Waals surface area contributed by atoms with Gasteiger partial charge in [0.15, 0.2) is 5.65 Å². The van der Waals surface area contributed by atoms with E-state index in [1.165, 1.54) is 3.97 Å². The van der Waals surface area contributed by atoms with Gasteiger partial charge in [-0.3, -0.25) is 14.2 Å². The first kappa shape index (κ1) is 32.9. The van der Waals surface area contributed by atoms with Crippen LogP contribution >= 0.6 is 0 Å².